The van der Waals surface area contributed by atoms with Crippen molar-refractivity contribution in [1.82, 2.24) is 4.98 Å². The molecule has 2 aliphatic heterocycles. The van der Waals surface area contributed by atoms with Crippen LogP contribution in [0.5, 0.6) is 5.75 Å². The first kappa shape index (κ1) is 12.4. The summed E-state index contributed by atoms with van der Waals surface area (Å²) in [6.45, 7) is 2.03. The second-order valence-electron chi connectivity index (χ2n) is 4.66. The molecule has 1 fully saturated rings. The Balaban J connectivity index is 1.80. The minimum absolute atomic E-state index is 0.204. The summed E-state index contributed by atoms with van der Waals surface area (Å²) < 4.78 is 12.0. The number of hydrogen-bond donors (Lipinski definition) is 1. The Labute approximate surface area is 119 Å². The molecule has 2 atom stereocenters. The Hall–Kier alpha value is -0.600. The summed E-state index contributed by atoms with van der Waals surface area (Å²) in [6.07, 6.45) is 2.86. The minimum Gasteiger partial charge on any atom is -0.486 e. The number of pyridine rings is 1. The molecule has 0 amide bonds. The quantitative estimate of drug-likeness (QED) is 0.648. The van der Waals surface area contributed by atoms with E-state index in [1.165, 1.54) is 0 Å². The van der Waals surface area contributed by atoms with E-state index in [9.17, 15) is 0 Å². The van der Waals surface area contributed by atoms with Gasteiger partial charge in [-0.1, -0.05) is 0 Å². The summed E-state index contributed by atoms with van der Waals surface area (Å²) in [5, 5.41) is 8.71. The van der Waals surface area contributed by atoms with E-state index in [1.54, 1.807) is 0 Å². The monoisotopic (exact) mass is 362 g/mol. The van der Waals surface area contributed by atoms with Crippen LogP contribution in [-0.4, -0.2) is 42.7 Å². The highest BCUT2D eigenvalue weighted by Crippen LogP contribution is 2.40. The van der Waals surface area contributed by atoms with E-state index in [0.717, 1.165) is 28.1 Å². The lowest BCUT2D eigenvalue weighted by Crippen LogP contribution is -2.39. The van der Waals surface area contributed by atoms with Gasteiger partial charge in [-0.2, -0.15) is 0 Å². The van der Waals surface area contributed by atoms with Crippen LogP contribution >= 0.6 is 22.6 Å². The molecule has 0 bridgehead atoms. The third-order valence-corrected chi connectivity index (χ3v) is 4.33. The number of halogens is 1. The molecule has 0 aliphatic carbocycles. The van der Waals surface area contributed by atoms with Crippen LogP contribution in [0.25, 0.3) is 0 Å². The highest BCUT2D eigenvalue weighted by Gasteiger charge is 2.38. The van der Waals surface area contributed by atoms with E-state index in [0.29, 0.717) is 25.2 Å². The van der Waals surface area contributed by atoms with Crippen molar-refractivity contribution in [2.75, 3.05) is 31.5 Å². The number of aromatic nitrogens is 1. The van der Waals surface area contributed by atoms with Gasteiger partial charge < -0.3 is 19.5 Å². The Bertz CT molecular complexity index is 443. The summed E-state index contributed by atoms with van der Waals surface area (Å²) in [5.41, 5.74) is 0. The molecule has 1 aromatic heterocycles. The number of rotatable bonds is 3. The number of aliphatic hydroxyl groups is 1. The molecule has 2 aliphatic rings. The van der Waals surface area contributed by atoms with Gasteiger partial charge in [-0.15, -0.1) is 0 Å². The zero-order valence-electron chi connectivity index (χ0n) is 9.88. The fraction of sp³-hybridized carbons (Fsp3) is 0.583. The Kier molecular flexibility index (Phi) is 3.58. The van der Waals surface area contributed by atoms with Crippen LogP contribution in [0.2, 0.25) is 0 Å². The molecule has 1 unspecified atom stereocenters. The van der Waals surface area contributed by atoms with Gasteiger partial charge in [0.15, 0.2) is 11.6 Å². The third-order valence-electron chi connectivity index (χ3n) is 3.48. The molecule has 0 radical (unpaired) electrons. The molecule has 1 aromatic rings. The molecule has 6 heteroatoms. The normalized spacial score (nSPS) is 25.6. The second kappa shape index (κ2) is 5.18. The van der Waals surface area contributed by atoms with Crippen LogP contribution in [0.4, 0.5) is 5.82 Å². The summed E-state index contributed by atoms with van der Waals surface area (Å²) in [7, 11) is 0. The van der Waals surface area contributed by atoms with Gasteiger partial charge >= 0.3 is 0 Å². The van der Waals surface area contributed by atoms with Gasteiger partial charge in [-0.05, 0) is 35.1 Å². The lowest BCUT2D eigenvalue weighted by molar-refractivity contribution is -0.0151. The van der Waals surface area contributed by atoms with Crippen molar-refractivity contribution in [2.24, 2.45) is 5.92 Å². The average Bonchev–Trinajstić information content (AvgIpc) is 2.80. The highest BCUT2D eigenvalue weighted by molar-refractivity contribution is 14.1. The average molecular weight is 362 g/mol. The van der Waals surface area contributed by atoms with Gasteiger partial charge in [0.05, 0.1) is 16.2 Å². The van der Waals surface area contributed by atoms with Gasteiger partial charge in [0.25, 0.3) is 0 Å². The van der Waals surface area contributed by atoms with Gasteiger partial charge in [-0.25, -0.2) is 4.98 Å². The molecule has 0 spiro atoms. The molecule has 18 heavy (non-hydrogen) atoms. The fourth-order valence-corrected chi connectivity index (χ4v) is 3.26. The first-order valence-electron chi connectivity index (χ1n) is 6.02. The maximum absolute atomic E-state index is 8.71. The third kappa shape index (κ3) is 2.17. The molecule has 98 valence electrons. The van der Waals surface area contributed by atoms with E-state index in [1.807, 2.05) is 12.3 Å². The first-order valence-corrected chi connectivity index (χ1v) is 7.10. The maximum atomic E-state index is 8.71. The predicted molar refractivity (Wildman–Crippen MR) is 74.7 cm³/mol. The lowest BCUT2D eigenvalue weighted by Gasteiger charge is -2.32. The molecule has 5 nitrogen and oxygen atoms in total. The SMILES string of the molecule is OCOCC1C[C@H]2COc3c(I)ccnc3N2C1. The van der Waals surface area contributed by atoms with Crippen molar-refractivity contribution in [2.45, 2.75) is 12.5 Å². The topological polar surface area (TPSA) is 54.8 Å². The first-order chi connectivity index (χ1) is 8.79. The van der Waals surface area contributed by atoms with E-state index in [2.05, 4.69) is 32.5 Å². The van der Waals surface area contributed by atoms with Gasteiger partial charge in [0.2, 0.25) is 0 Å². The zero-order valence-corrected chi connectivity index (χ0v) is 12.0. The van der Waals surface area contributed by atoms with Gasteiger partial charge in [-0.3, -0.25) is 0 Å². The van der Waals surface area contributed by atoms with Gasteiger partial charge in [0, 0.05) is 18.7 Å². The van der Waals surface area contributed by atoms with Crippen LogP contribution in [0.1, 0.15) is 6.42 Å². The van der Waals surface area contributed by atoms with Crippen LogP contribution in [0.15, 0.2) is 12.3 Å². The van der Waals surface area contributed by atoms with Crippen molar-refractivity contribution in [3.8, 4) is 5.75 Å². The van der Waals surface area contributed by atoms with Crippen molar-refractivity contribution in [1.29, 1.82) is 0 Å². The van der Waals surface area contributed by atoms with Crippen LogP contribution < -0.4 is 9.64 Å². The molecule has 0 aromatic carbocycles. The van der Waals surface area contributed by atoms with Crippen molar-refractivity contribution in [3.63, 3.8) is 0 Å². The van der Waals surface area contributed by atoms with E-state index in [4.69, 9.17) is 14.6 Å². The largest absolute Gasteiger partial charge is 0.486 e. The number of anilines is 1. The zero-order chi connectivity index (χ0) is 12.5. The minimum atomic E-state index is -0.204. The number of fused-ring (bicyclic) bond motifs is 3. The molecule has 3 rings (SSSR count). The standard InChI is InChI=1S/C12H15IN2O3/c13-10-1-2-14-12-11(10)18-6-9-3-8(4-15(9)12)5-17-7-16/h1-2,8-9,16H,3-7H2/t8?,9-/m0/s1. The second-order valence-corrected chi connectivity index (χ2v) is 5.83. The molecular weight excluding hydrogens is 347 g/mol. The molecular formula is C12H15IN2O3. The highest BCUT2D eigenvalue weighted by atomic mass is 127. The Morgan fingerprint density at radius 3 is 3.33 bits per heavy atom. The van der Waals surface area contributed by atoms with Crippen molar-refractivity contribution < 1.29 is 14.6 Å². The number of aliphatic hydroxyl groups excluding tert-OH is 1. The smallest absolute Gasteiger partial charge is 0.175 e. The number of nitrogens with zero attached hydrogens (tertiary/aromatic N) is 2. The Morgan fingerprint density at radius 1 is 1.61 bits per heavy atom. The fourth-order valence-electron chi connectivity index (χ4n) is 2.70. The summed E-state index contributed by atoms with van der Waals surface area (Å²) in [5.74, 6) is 2.29. The van der Waals surface area contributed by atoms with Crippen LogP contribution in [0.3, 0.4) is 0 Å². The van der Waals surface area contributed by atoms with Crippen LogP contribution in [-0.2, 0) is 4.74 Å². The van der Waals surface area contributed by atoms with Gasteiger partial charge in [0.1, 0.15) is 13.4 Å². The number of ether oxygens (including phenoxy) is 2. The maximum Gasteiger partial charge on any atom is 0.175 e. The van der Waals surface area contributed by atoms with E-state index in [-0.39, 0.29) is 6.79 Å². The van der Waals surface area contributed by atoms with Crippen molar-refractivity contribution >= 4 is 28.4 Å². The van der Waals surface area contributed by atoms with Crippen molar-refractivity contribution in [3.05, 3.63) is 15.8 Å². The van der Waals surface area contributed by atoms with E-state index >= 15 is 0 Å². The predicted octanol–water partition coefficient (Wildman–Crippen LogP) is 1.24. The molecule has 0 saturated carbocycles. The summed E-state index contributed by atoms with van der Waals surface area (Å²) in [6, 6.07) is 2.35. The summed E-state index contributed by atoms with van der Waals surface area (Å²) in [4.78, 5) is 6.76. The molecule has 1 N–H and O–H groups in total. The molecule has 1 saturated heterocycles. The van der Waals surface area contributed by atoms with Crippen LogP contribution in [0, 0.1) is 9.49 Å². The van der Waals surface area contributed by atoms with E-state index < -0.39 is 0 Å². The molecule has 3 heterocycles. The lowest BCUT2D eigenvalue weighted by atomic mass is 10.1. The number of hydrogen-bond acceptors (Lipinski definition) is 5. The summed E-state index contributed by atoms with van der Waals surface area (Å²) >= 11 is 2.28. The Morgan fingerprint density at radius 2 is 2.50 bits per heavy atom.